The largest absolute Gasteiger partial charge is 0.472 e. The molecule has 0 rings (SSSR count). The number of hydrogen-bond acceptors (Lipinski definition) is 6. The van der Waals surface area contributed by atoms with Crippen molar-refractivity contribution in [1.82, 2.24) is 5.32 Å². The summed E-state index contributed by atoms with van der Waals surface area (Å²) >= 11 is 0. The van der Waals surface area contributed by atoms with Gasteiger partial charge < -0.3 is 21.1 Å². The molecule has 1 amide bonds. The molecule has 47 heavy (non-hydrogen) atoms. The average Bonchev–Trinajstić information content (AvgIpc) is 3.05. The minimum Gasteiger partial charge on any atom is -0.391 e. The summed E-state index contributed by atoms with van der Waals surface area (Å²) in [6.07, 6.45) is 36.4. The normalized spacial score (nSPS) is 14.4. The van der Waals surface area contributed by atoms with Gasteiger partial charge in [-0.25, -0.2) is 4.57 Å². The van der Waals surface area contributed by atoms with Crippen molar-refractivity contribution in [1.29, 1.82) is 0 Å². The van der Waals surface area contributed by atoms with Gasteiger partial charge in [0.2, 0.25) is 5.91 Å². The highest BCUT2D eigenvalue weighted by Crippen LogP contribution is 2.43. The van der Waals surface area contributed by atoms with E-state index < -0.39 is 20.0 Å². The maximum atomic E-state index is 12.7. The third kappa shape index (κ3) is 33.5. The van der Waals surface area contributed by atoms with Crippen LogP contribution in [0.2, 0.25) is 0 Å². The van der Waals surface area contributed by atoms with Crippen LogP contribution in [0.1, 0.15) is 194 Å². The summed E-state index contributed by atoms with van der Waals surface area (Å²) in [5, 5.41) is 13.7. The van der Waals surface area contributed by atoms with Crippen molar-refractivity contribution < 1.29 is 28.4 Å². The molecule has 0 aromatic rings. The van der Waals surface area contributed by atoms with Gasteiger partial charge in [0.25, 0.3) is 0 Å². The summed E-state index contributed by atoms with van der Waals surface area (Å²) in [5.74, 6) is -0.170. The molecule has 0 spiro atoms. The van der Waals surface area contributed by atoms with Crippen LogP contribution >= 0.6 is 7.82 Å². The molecule has 0 bridgehead atoms. The van der Waals surface area contributed by atoms with E-state index in [2.05, 4.69) is 31.3 Å². The molecule has 0 saturated carbocycles. The first-order valence-corrected chi connectivity index (χ1v) is 21.3. The fraction of sp³-hybridized carbons (Fsp3) is 0.921. The summed E-state index contributed by atoms with van der Waals surface area (Å²) in [4.78, 5) is 22.6. The molecule has 3 unspecified atom stereocenters. The molecule has 0 aromatic carbocycles. The van der Waals surface area contributed by atoms with Crippen LogP contribution in [-0.2, 0) is 18.4 Å². The van der Waals surface area contributed by atoms with Gasteiger partial charge in [-0.2, -0.15) is 0 Å². The first kappa shape index (κ1) is 46.2. The molecule has 0 aromatic heterocycles. The number of nitrogens with two attached hydrogens (primary N) is 1. The zero-order valence-electron chi connectivity index (χ0n) is 30.8. The molecule has 0 fully saturated rings. The van der Waals surface area contributed by atoms with Gasteiger partial charge in [0.15, 0.2) is 0 Å². The van der Waals surface area contributed by atoms with E-state index in [-0.39, 0.29) is 25.7 Å². The number of phosphoric acid groups is 1. The Bertz CT molecular complexity index is 754. The van der Waals surface area contributed by atoms with Crippen molar-refractivity contribution in [3.63, 3.8) is 0 Å². The highest BCUT2D eigenvalue weighted by atomic mass is 31.2. The summed E-state index contributed by atoms with van der Waals surface area (Å²) in [6, 6.07) is -0.773. The third-order valence-corrected chi connectivity index (χ3v) is 9.85. The highest BCUT2D eigenvalue weighted by Gasteiger charge is 2.27. The summed E-state index contributed by atoms with van der Waals surface area (Å²) < 4.78 is 22.1. The second kappa shape index (κ2) is 35.1. The number of rotatable bonds is 37. The van der Waals surface area contributed by atoms with Gasteiger partial charge in [0, 0.05) is 13.0 Å². The Labute approximate surface area is 290 Å². The Balaban J connectivity index is 4.23. The molecule has 0 aliphatic rings. The minimum absolute atomic E-state index is 0.0890. The maximum Gasteiger partial charge on any atom is 0.472 e. The zero-order valence-corrected chi connectivity index (χ0v) is 31.7. The number of carbonyl (C=O) groups excluding carboxylic acids is 1. The number of nitrogens with one attached hydrogen (secondary N) is 1. The van der Waals surface area contributed by atoms with E-state index in [1.807, 2.05) is 0 Å². The predicted octanol–water partition coefficient (Wildman–Crippen LogP) is 10.4. The number of phosphoric ester groups is 1. The first-order valence-electron chi connectivity index (χ1n) is 19.8. The second-order valence-electron chi connectivity index (χ2n) is 13.5. The van der Waals surface area contributed by atoms with Crippen LogP contribution in [0.5, 0.6) is 0 Å². The van der Waals surface area contributed by atoms with E-state index in [4.69, 9.17) is 14.8 Å². The Morgan fingerprint density at radius 2 is 1.11 bits per heavy atom. The van der Waals surface area contributed by atoms with Gasteiger partial charge in [-0.05, 0) is 38.5 Å². The zero-order chi connectivity index (χ0) is 34.7. The summed E-state index contributed by atoms with van der Waals surface area (Å²) in [6.45, 7) is 4.19. The Morgan fingerprint density at radius 3 is 1.57 bits per heavy atom. The molecule has 5 N–H and O–H groups in total. The van der Waals surface area contributed by atoms with E-state index in [1.54, 1.807) is 0 Å². The van der Waals surface area contributed by atoms with Crippen molar-refractivity contribution >= 4 is 13.7 Å². The smallest absolute Gasteiger partial charge is 0.391 e. The number of unbranched alkanes of at least 4 members (excludes halogenated alkanes) is 23. The summed E-state index contributed by atoms with van der Waals surface area (Å²) in [5.41, 5.74) is 5.36. The van der Waals surface area contributed by atoms with Crippen LogP contribution in [0.4, 0.5) is 0 Å². The molecule has 280 valence electrons. The van der Waals surface area contributed by atoms with E-state index >= 15 is 0 Å². The van der Waals surface area contributed by atoms with Crippen LogP contribution in [0.25, 0.3) is 0 Å². The van der Waals surface area contributed by atoms with Gasteiger partial charge in [-0.15, -0.1) is 0 Å². The fourth-order valence-corrected chi connectivity index (χ4v) is 6.60. The van der Waals surface area contributed by atoms with Crippen LogP contribution in [-0.4, -0.2) is 47.8 Å². The van der Waals surface area contributed by atoms with Crippen molar-refractivity contribution in [2.24, 2.45) is 5.73 Å². The molecule has 0 aliphatic carbocycles. The van der Waals surface area contributed by atoms with E-state index in [9.17, 15) is 19.4 Å². The molecule has 0 heterocycles. The standard InChI is InChI=1S/C38H77N2O6P/c1-3-5-7-9-11-13-15-17-18-20-22-24-26-28-30-32-38(42)40-36(35-46-47(43,44)45-34-33-39)37(41)31-29-27-25-23-21-19-16-14-12-10-8-6-4-2/h17-18,36-37,41H,3-16,19-35,39H2,1-2H3,(H,40,42)(H,43,44)/b18-17-. The van der Waals surface area contributed by atoms with Crippen molar-refractivity contribution in [2.45, 2.75) is 206 Å². The predicted molar refractivity (Wildman–Crippen MR) is 198 cm³/mol. The quantitative estimate of drug-likeness (QED) is 0.0290. The lowest BCUT2D eigenvalue weighted by molar-refractivity contribution is -0.123. The van der Waals surface area contributed by atoms with Crippen molar-refractivity contribution in [2.75, 3.05) is 19.8 Å². The molecule has 0 radical (unpaired) electrons. The minimum atomic E-state index is -4.31. The van der Waals surface area contributed by atoms with Gasteiger partial charge >= 0.3 is 7.82 Å². The van der Waals surface area contributed by atoms with Crippen molar-refractivity contribution in [3.05, 3.63) is 12.2 Å². The number of amides is 1. The molecule has 0 aliphatic heterocycles. The van der Waals surface area contributed by atoms with Crippen LogP contribution in [0.15, 0.2) is 12.2 Å². The molecule has 8 nitrogen and oxygen atoms in total. The fourth-order valence-electron chi connectivity index (χ4n) is 5.84. The van der Waals surface area contributed by atoms with Crippen LogP contribution in [0.3, 0.4) is 0 Å². The van der Waals surface area contributed by atoms with Gasteiger partial charge in [0.1, 0.15) is 0 Å². The van der Waals surface area contributed by atoms with E-state index in [0.717, 1.165) is 51.4 Å². The van der Waals surface area contributed by atoms with Gasteiger partial charge in [-0.3, -0.25) is 13.8 Å². The number of hydrogen-bond donors (Lipinski definition) is 4. The lowest BCUT2D eigenvalue weighted by Gasteiger charge is -2.25. The third-order valence-electron chi connectivity index (χ3n) is 8.87. The molecule has 9 heteroatoms. The lowest BCUT2D eigenvalue weighted by Crippen LogP contribution is -2.46. The Morgan fingerprint density at radius 1 is 0.681 bits per heavy atom. The molecule has 3 atom stereocenters. The first-order chi connectivity index (χ1) is 22.9. The van der Waals surface area contributed by atoms with Gasteiger partial charge in [-0.1, -0.05) is 161 Å². The van der Waals surface area contributed by atoms with E-state index in [1.165, 1.54) is 116 Å². The van der Waals surface area contributed by atoms with Crippen molar-refractivity contribution in [3.8, 4) is 0 Å². The lowest BCUT2D eigenvalue weighted by atomic mass is 10.0. The monoisotopic (exact) mass is 689 g/mol. The SMILES string of the molecule is CCCCCCCC/C=C\CCCCCCCC(=O)NC(COP(=O)(O)OCCN)C(O)CCCCCCCCCCCCCCC. The van der Waals surface area contributed by atoms with Gasteiger partial charge in [0.05, 0.1) is 25.4 Å². The number of aliphatic hydroxyl groups is 1. The Hall–Kier alpha value is -0.760. The second-order valence-corrected chi connectivity index (χ2v) is 14.9. The average molecular weight is 689 g/mol. The highest BCUT2D eigenvalue weighted by molar-refractivity contribution is 7.47. The van der Waals surface area contributed by atoms with E-state index in [0.29, 0.717) is 12.8 Å². The maximum absolute atomic E-state index is 12.7. The molecular formula is C38H77N2O6P. The number of carbonyl (C=O) groups is 1. The number of allylic oxidation sites excluding steroid dienone is 2. The topological polar surface area (TPSA) is 131 Å². The van der Waals surface area contributed by atoms with Crippen LogP contribution < -0.4 is 11.1 Å². The Kier molecular flexibility index (Phi) is 34.5. The number of aliphatic hydroxyl groups excluding tert-OH is 1. The summed E-state index contributed by atoms with van der Waals surface area (Å²) in [7, 11) is -4.31. The molecule has 0 saturated heterocycles. The molecular weight excluding hydrogens is 611 g/mol. The van der Waals surface area contributed by atoms with Crippen LogP contribution in [0, 0.1) is 0 Å².